The molecule has 3 rings (SSSR count). The average Bonchev–Trinajstić information content (AvgIpc) is 2.75. The molecular formula is C16H15N3O2. The monoisotopic (exact) mass is 281 g/mol. The third kappa shape index (κ3) is 2.50. The molecule has 0 atom stereocenters. The quantitative estimate of drug-likeness (QED) is 0.920. The van der Waals surface area contributed by atoms with Crippen LogP contribution >= 0.6 is 0 Å². The van der Waals surface area contributed by atoms with Gasteiger partial charge in [-0.25, -0.2) is 0 Å². The van der Waals surface area contributed by atoms with Gasteiger partial charge in [0.1, 0.15) is 0 Å². The Hall–Kier alpha value is -2.69. The predicted octanol–water partition coefficient (Wildman–Crippen LogP) is 2.51. The summed E-state index contributed by atoms with van der Waals surface area (Å²) in [6.45, 7) is 3.88. The maximum atomic E-state index is 12.5. The first-order valence-corrected chi connectivity index (χ1v) is 6.69. The molecule has 2 aromatic rings. The van der Waals surface area contributed by atoms with Crippen LogP contribution in [0.4, 0.5) is 11.4 Å². The minimum Gasteiger partial charge on any atom is -0.326 e. The van der Waals surface area contributed by atoms with Crippen molar-refractivity contribution in [2.45, 2.75) is 20.4 Å². The van der Waals surface area contributed by atoms with Crippen molar-refractivity contribution < 1.29 is 9.59 Å². The highest BCUT2D eigenvalue weighted by molar-refractivity contribution is 6.10. The summed E-state index contributed by atoms with van der Waals surface area (Å²) in [5.41, 5.74) is 3.95. The topological polar surface area (TPSA) is 62.3 Å². The predicted molar refractivity (Wildman–Crippen MR) is 80.2 cm³/mol. The summed E-state index contributed by atoms with van der Waals surface area (Å²) in [6.07, 6.45) is 1.70. The lowest BCUT2D eigenvalue weighted by Crippen LogP contribution is -2.23. The van der Waals surface area contributed by atoms with Gasteiger partial charge in [0.15, 0.2) is 0 Å². The number of pyridine rings is 1. The summed E-state index contributed by atoms with van der Waals surface area (Å²) in [5, 5.41) is 2.70. The van der Waals surface area contributed by atoms with Crippen molar-refractivity contribution in [1.82, 2.24) is 4.98 Å². The molecule has 1 aromatic carbocycles. The summed E-state index contributed by atoms with van der Waals surface area (Å²) < 4.78 is 0. The van der Waals surface area contributed by atoms with Crippen molar-refractivity contribution in [2.75, 3.05) is 10.2 Å². The Bertz CT molecular complexity index is 740. The van der Waals surface area contributed by atoms with Crippen molar-refractivity contribution in [3.8, 4) is 0 Å². The van der Waals surface area contributed by atoms with Crippen LogP contribution in [0.2, 0.25) is 0 Å². The number of carbonyl (C=O) groups is 2. The lowest BCUT2D eigenvalue weighted by molar-refractivity contribution is -0.114. The van der Waals surface area contributed by atoms with Gasteiger partial charge in [-0.05, 0) is 36.8 Å². The molecule has 1 aliphatic rings. The standard InChI is InChI=1S/C16H15N3O2/c1-10-7-14(5-6-17-10)19-9-12-3-4-13(18-11(2)20)8-15(12)16(19)21/h3-8H,9H2,1-2H3,(H,18,20). The number of aryl methyl sites for hydroxylation is 1. The van der Waals surface area contributed by atoms with E-state index in [1.807, 2.05) is 31.2 Å². The van der Waals surface area contributed by atoms with Crippen molar-refractivity contribution in [3.63, 3.8) is 0 Å². The molecular weight excluding hydrogens is 266 g/mol. The van der Waals surface area contributed by atoms with Crippen LogP contribution < -0.4 is 10.2 Å². The van der Waals surface area contributed by atoms with E-state index in [0.29, 0.717) is 17.8 Å². The van der Waals surface area contributed by atoms with Gasteiger partial charge in [0.25, 0.3) is 5.91 Å². The maximum Gasteiger partial charge on any atom is 0.259 e. The highest BCUT2D eigenvalue weighted by Crippen LogP contribution is 2.30. The third-order valence-corrected chi connectivity index (χ3v) is 3.43. The van der Waals surface area contributed by atoms with E-state index in [-0.39, 0.29) is 11.8 Å². The van der Waals surface area contributed by atoms with E-state index in [9.17, 15) is 9.59 Å². The number of anilines is 2. The van der Waals surface area contributed by atoms with E-state index >= 15 is 0 Å². The highest BCUT2D eigenvalue weighted by Gasteiger charge is 2.28. The van der Waals surface area contributed by atoms with Crippen LogP contribution in [0, 0.1) is 6.92 Å². The number of hydrogen-bond donors (Lipinski definition) is 1. The van der Waals surface area contributed by atoms with Gasteiger partial charge in [0.2, 0.25) is 5.91 Å². The highest BCUT2D eigenvalue weighted by atomic mass is 16.2. The van der Waals surface area contributed by atoms with Crippen LogP contribution in [0.3, 0.4) is 0 Å². The van der Waals surface area contributed by atoms with Gasteiger partial charge in [-0.2, -0.15) is 0 Å². The van der Waals surface area contributed by atoms with Gasteiger partial charge in [0.05, 0.1) is 6.54 Å². The van der Waals surface area contributed by atoms with E-state index in [1.54, 1.807) is 17.2 Å². The Labute approximate surface area is 122 Å². The third-order valence-electron chi connectivity index (χ3n) is 3.43. The number of amides is 2. The Kier molecular flexibility index (Phi) is 3.17. The fourth-order valence-electron chi connectivity index (χ4n) is 2.49. The average molecular weight is 281 g/mol. The maximum absolute atomic E-state index is 12.5. The van der Waals surface area contributed by atoms with Crippen LogP contribution in [-0.2, 0) is 11.3 Å². The molecule has 0 saturated carbocycles. The Morgan fingerprint density at radius 3 is 2.81 bits per heavy atom. The zero-order valence-electron chi connectivity index (χ0n) is 11.9. The minimum absolute atomic E-state index is 0.0530. The molecule has 0 unspecified atom stereocenters. The van der Waals surface area contributed by atoms with Crippen molar-refractivity contribution in [3.05, 3.63) is 53.3 Å². The molecule has 0 fully saturated rings. The van der Waals surface area contributed by atoms with E-state index in [4.69, 9.17) is 0 Å². The summed E-state index contributed by atoms with van der Waals surface area (Å²) in [4.78, 5) is 29.5. The largest absolute Gasteiger partial charge is 0.326 e. The second-order valence-corrected chi connectivity index (χ2v) is 5.10. The van der Waals surface area contributed by atoms with Crippen LogP contribution in [0.5, 0.6) is 0 Å². The molecule has 0 saturated heterocycles. The molecule has 1 N–H and O–H groups in total. The molecule has 1 aliphatic heterocycles. The molecule has 0 radical (unpaired) electrons. The smallest absolute Gasteiger partial charge is 0.259 e. The molecule has 5 heteroatoms. The number of fused-ring (bicyclic) bond motifs is 1. The number of nitrogens with zero attached hydrogens (tertiary/aromatic N) is 2. The van der Waals surface area contributed by atoms with Crippen LogP contribution in [0.1, 0.15) is 28.5 Å². The molecule has 106 valence electrons. The number of benzene rings is 1. The van der Waals surface area contributed by atoms with E-state index in [2.05, 4.69) is 10.3 Å². The summed E-state index contributed by atoms with van der Waals surface area (Å²) in [7, 11) is 0. The number of hydrogen-bond acceptors (Lipinski definition) is 3. The normalized spacial score (nSPS) is 13.2. The molecule has 0 aliphatic carbocycles. The SMILES string of the molecule is CC(=O)Nc1ccc2c(c1)C(=O)N(c1ccnc(C)c1)C2. The summed E-state index contributed by atoms with van der Waals surface area (Å²) in [5.74, 6) is -0.204. The summed E-state index contributed by atoms with van der Waals surface area (Å²) >= 11 is 0. The van der Waals surface area contributed by atoms with E-state index in [1.165, 1.54) is 6.92 Å². The Balaban J connectivity index is 1.93. The first-order chi connectivity index (χ1) is 10.0. The molecule has 0 bridgehead atoms. The Morgan fingerprint density at radius 2 is 2.10 bits per heavy atom. The van der Waals surface area contributed by atoms with Gasteiger partial charge < -0.3 is 10.2 Å². The van der Waals surface area contributed by atoms with Crippen molar-refractivity contribution in [1.29, 1.82) is 0 Å². The Morgan fingerprint density at radius 1 is 1.29 bits per heavy atom. The molecule has 21 heavy (non-hydrogen) atoms. The zero-order valence-corrected chi connectivity index (χ0v) is 11.9. The van der Waals surface area contributed by atoms with Crippen molar-refractivity contribution >= 4 is 23.2 Å². The molecule has 2 heterocycles. The fourth-order valence-corrected chi connectivity index (χ4v) is 2.49. The van der Waals surface area contributed by atoms with Crippen molar-refractivity contribution in [2.24, 2.45) is 0 Å². The second-order valence-electron chi connectivity index (χ2n) is 5.10. The first kappa shape index (κ1) is 13.3. The minimum atomic E-state index is -0.151. The first-order valence-electron chi connectivity index (χ1n) is 6.69. The second kappa shape index (κ2) is 5.01. The van der Waals surface area contributed by atoms with Gasteiger partial charge in [-0.3, -0.25) is 14.6 Å². The van der Waals surface area contributed by atoms with Gasteiger partial charge in [-0.1, -0.05) is 6.07 Å². The van der Waals surface area contributed by atoms with E-state index in [0.717, 1.165) is 16.9 Å². The van der Waals surface area contributed by atoms with Crippen LogP contribution in [0.25, 0.3) is 0 Å². The molecule has 5 nitrogen and oxygen atoms in total. The van der Waals surface area contributed by atoms with Gasteiger partial charge >= 0.3 is 0 Å². The zero-order chi connectivity index (χ0) is 15.0. The van der Waals surface area contributed by atoms with Gasteiger partial charge in [-0.15, -0.1) is 0 Å². The molecule has 1 aromatic heterocycles. The van der Waals surface area contributed by atoms with E-state index < -0.39 is 0 Å². The molecule has 2 amide bonds. The number of nitrogens with one attached hydrogen (secondary N) is 1. The lowest BCUT2D eigenvalue weighted by Gasteiger charge is -2.15. The lowest BCUT2D eigenvalue weighted by atomic mass is 10.1. The van der Waals surface area contributed by atoms with Crippen LogP contribution in [0.15, 0.2) is 36.5 Å². The number of aromatic nitrogens is 1. The number of carbonyl (C=O) groups excluding carboxylic acids is 2. The fraction of sp³-hybridized carbons (Fsp3) is 0.188. The summed E-state index contributed by atoms with van der Waals surface area (Å²) in [6, 6.07) is 9.14. The molecule has 0 spiro atoms. The number of rotatable bonds is 2. The van der Waals surface area contributed by atoms with Crippen LogP contribution in [-0.4, -0.2) is 16.8 Å². The van der Waals surface area contributed by atoms with Gasteiger partial charge in [0, 0.05) is 35.8 Å².